The minimum atomic E-state index is -1.31. The van der Waals surface area contributed by atoms with E-state index in [4.69, 9.17) is 23.9 Å². The topological polar surface area (TPSA) is 86.7 Å². The van der Waals surface area contributed by atoms with Gasteiger partial charge < -0.3 is 23.8 Å². The van der Waals surface area contributed by atoms with Crippen molar-refractivity contribution >= 4 is 23.5 Å². The second-order valence-electron chi connectivity index (χ2n) is 8.08. The Morgan fingerprint density at radius 1 is 0.969 bits per heavy atom. The fraction of sp³-hybridized carbons (Fsp3) is 0.375. The minimum absolute atomic E-state index is 0.264. The molecule has 0 aromatic heterocycles. The van der Waals surface area contributed by atoms with Crippen LogP contribution >= 0.6 is 0 Å². The number of esters is 2. The molecule has 32 heavy (non-hydrogen) atoms. The fourth-order valence-electron chi connectivity index (χ4n) is 3.59. The molecule has 4 rings (SSSR count). The van der Waals surface area contributed by atoms with Crippen LogP contribution in [0.5, 0.6) is 11.5 Å². The molecule has 0 saturated carbocycles. The highest BCUT2D eigenvalue weighted by Gasteiger charge is 2.47. The Balaban J connectivity index is 1.74. The number of nitrogens with zero attached hydrogens (tertiary/aromatic N) is 2. The quantitative estimate of drug-likeness (QED) is 0.312. The van der Waals surface area contributed by atoms with Gasteiger partial charge in [-0.05, 0) is 30.7 Å². The van der Waals surface area contributed by atoms with Crippen LogP contribution in [0.25, 0.3) is 0 Å². The molecule has 2 aromatic carbocycles. The van der Waals surface area contributed by atoms with Gasteiger partial charge in [-0.3, -0.25) is 9.59 Å². The van der Waals surface area contributed by atoms with Gasteiger partial charge >= 0.3 is 11.9 Å². The van der Waals surface area contributed by atoms with Crippen molar-refractivity contribution in [1.29, 1.82) is 0 Å². The number of para-hydroxylation sites is 3. The molecule has 0 N–H and O–H groups in total. The summed E-state index contributed by atoms with van der Waals surface area (Å²) in [7, 11) is 0. The van der Waals surface area contributed by atoms with E-state index < -0.39 is 23.6 Å². The van der Waals surface area contributed by atoms with E-state index in [2.05, 4.69) is 0 Å². The number of hydrogen-bond acceptors (Lipinski definition) is 7. The molecule has 0 spiro atoms. The Kier molecular flexibility index (Phi) is 6.14. The molecule has 2 aromatic rings. The molecular weight excluding hydrogens is 412 g/mol. The normalized spacial score (nSPS) is 19.3. The van der Waals surface area contributed by atoms with E-state index in [1.54, 1.807) is 12.1 Å². The number of ether oxygens (including phenoxy) is 4. The second-order valence-corrected chi connectivity index (χ2v) is 8.08. The average Bonchev–Trinajstić information content (AvgIpc) is 2.75. The number of amidine groups is 1. The molecule has 168 valence electrons. The van der Waals surface area contributed by atoms with Crippen molar-refractivity contribution in [1.82, 2.24) is 4.90 Å². The van der Waals surface area contributed by atoms with Crippen LogP contribution in [0.1, 0.15) is 19.4 Å². The highest BCUT2D eigenvalue weighted by atomic mass is 16.7. The zero-order chi connectivity index (χ0) is 22.7. The summed E-state index contributed by atoms with van der Waals surface area (Å²) in [6.45, 7) is 6.90. The number of aliphatic imine (C=N–C) groups is 1. The molecule has 2 heterocycles. The van der Waals surface area contributed by atoms with Crippen molar-refractivity contribution in [2.45, 2.75) is 26.6 Å². The molecule has 2 aliphatic rings. The summed E-state index contributed by atoms with van der Waals surface area (Å²) in [5.74, 6) is -2.51. The first kappa shape index (κ1) is 21.8. The first-order chi connectivity index (χ1) is 15.3. The van der Waals surface area contributed by atoms with Gasteiger partial charge in [0.1, 0.15) is 17.3 Å². The third kappa shape index (κ3) is 4.75. The first-order valence-electron chi connectivity index (χ1n) is 10.5. The Labute approximate surface area is 186 Å². The molecule has 0 atom stereocenters. The maximum atomic E-state index is 12.8. The van der Waals surface area contributed by atoms with Crippen LogP contribution in [0, 0.1) is 12.8 Å². The summed E-state index contributed by atoms with van der Waals surface area (Å²) in [6, 6.07) is 14.9. The Hall–Kier alpha value is -3.39. The van der Waals surface area contributed by atoms with Gasteiger partial charge in [0.15, 0.2) is 5.75 Å². The molecular formula is C24H26N2O6. The summed E-state index contributed by atoms with van der Waals surface area (Å²) < 4.78 is 22.3. The van der Waals surface area contributed by atoms with Gasteiger partial charge in [0, 0.05) is 26.9 Å². The number of hydrogen-bond donors (Lipinski definition) is 0. The fourth-order valence-corrected chi connectivity index (χ4v) is 3.59. The molecule has 8 nitrogen and oxygen atoms in total. The number of carbonyl (C=O) groups is 2. The van der Waals surface area contributed by atoms with Gasteiger partial charge in [-0.15, -0.1) is 0 Å². The van der Waals surface area contributed by atoms with Gasteiger partial charge in [0.25, 0.3) is 5.79 Å². The summed E-state index contributed by atoms with van der Waals surface area (Å²) in [5, 5.41) is 0. The van der Waals surface area contributed by atoms with E-state index in [-0.39, 0.29) is 5.84 Å². The van der Waals surface area contributed by atoms with Crippen LogP contribution in [0.3, 0.4) is 0 Å². The standard InChI is InChI=1S/C24H26N2O6/c1-16-8-4-6-10-18(16)30-19-11-7-5-9-17(19)25-21(26-12-14-29-15-13-26)20-22(27)31-24(2,3)32-23(20)28/h4-11,20H,12-15H2,1-3H3. The summed E-state index contributed by atoms with van der Waals surface area (Å²) in [6.07, 6.45) is 0. The maximum absolute atomic E-state index is 12.8. The number of cyclic esters (lactones) is 2. The Bertz CT molecular complexity index is 1020. The average molecular weight is 438 g/mol. The number of aryl methyl sites for hydroxylation is 1. The lowest BCUT2D eigenvalue weighted by Crippen LogP contribution is -2.54. The number of benzene rings is 2. The highest BCUT2D eigenvalue weighted by Crippen LogP contribution is 2.35. The molecule has 2 saturated heterocycles. The zero-order valence-electron chi connectivity index (χ0n) is 18.4. The lowest BCUT2D eigenvalue weighted by atomic mass is 10.1. The van der Waals surface area contributed by atoms with E-state index in [9.17, 15) is 9.59 Å². The Morgan fingerprint density at radius 2 is 1.56 bits per heavy atom. The van der Waals surface area contributed by atoms with Gasteiger partial charge in [-0.2, -0.15) is 0 Å². The minimum Gasteiger partial charge on any atom is -0.455 e. The molecule has 0 aliphatic carbocycles. The number of morpholine rings is 1. The SMILES string of the molecule is Cc1ccccc1Oc1ccccc1N=C(C1C(=O)OC(C)(C)OC1=O)N1CCOCC1. The van der Waals surface area contributed by atoms with Crippen molar-refractivity contribution in [3.63, 3.8) is 0 Å². The van der Waals surface area contributed by atoms with E-state index in [1.807, 2.05) is 48.2 Å². The van der Waals surface area contributed by atoms with Crippen molar-refractivity contribution in [3.05, 3.63) is 54.1 Å². The summed E-state index contributed by atoms with van der Waals surface area (Å²) >= 11 is 0. The van der Waals surface area contributed by atoms with Crippen LogP contribution in [0.2, 0.25) is 0 Å². The maximum Gasteiger partial charge on any atom is 0.331 e. The zero-order valence-corrected chi connectivity index (χ0v) is 18.4. The summed E-state index contributed by atoms with van der Waals surface area (Å²) in [4.78, 5) is 32.2. The molecule has 0 bridgehead atoms. The first-order valence-corrected chi connectivity index (χ1v) is 10.5. The molecule has 0 amide bonds. The predicted molar refractivity (Wildman–Crippen MR) is 117 cm³/mol. The van der Waals surface area contributed by atoms with Gasteiger partial charge in [-0.25, -0.2) is 4.99 Å². The second kappa shape index (κ2) is 9.00. The molecule has 2 fully saturated rings. The smallest absolute Gasteiger partial charge is 0.331 e. The molecule has 0 unspecified atom stereocenters. The van der Waals surface area contributed by atoms with Crippen molar-refractivity contribution in [2.24, 2.45) is 10.9 Å². The largest absolute Gasteiger partial charge is 0.455 e. The van der Waals surface area contributed by atoms with Crippen LogP contribution < -0.4 is 4.74 Å². The lowest BCUT2D eigenvalue weighted by molar-refractivity contribution is -0.236. The van der Waals surface area contributed by atoms with Crippen molar-refractivity contribution in [3.8, 4) is 11.5 Å². The molecule has 0 radical (unpaired) electrons. The van der Waals surface area contributed by atoms with Crippen molar-refractivity contribution < 1.29 is 28.5 Å². The number of carbonyl (C=O) groups excluding carboxylic acids is 2. The van der Waals surface area contributed by atoms with Crippen LogP contribution in [-0.2, 0) is 23.8 Å². The third-order valence-electron chi connectivity index (χ3n) is 5.17. The van der Waals surface area contributed by atoms with Gasteiger partial charge in [0.2, 0.25) is 5.92 Å². The number of rotatable bonds is 4. The van der Waals surface area contributed by atoms with E-state index in [0.29, 0.717) is 43.5 Å². The molecule has 8 heteroatoms. The third-order valence-corrected chi connectivity index (χ3v) is 5.17. The van der Waals surface area contributed by atoms with Gasteiger partial charge in [-0.1, -0.05) is 30.3 Å². The van der Waals surface area contributed by atoms with E-state index >= 15 is 0 Å². The van der Waals surface area contributed by atoms with Crippen LogP contribution in [-0.4, -0.2) is 54.8 Å². The highest BCUT2D eigenvalue weighted by molar-refractivity contribution is 6.17. The lowest BCUT2D eigenvalue weighted by Gasteiger charge is -2.37. The van der Waals surface area contributed by atoms with Crippen molar-refractivity contribution in [2.75, 3.05) is 26.3 Å². The molecule has 2 aliphatic heterocycles. The van der Waals surface area contributed by atoms with E-state index in [0.717, 1.165) is 5.56 Å². The predicted octanol–water partition coefficient (Wildman–Crippen LogP) is 3.60. The van der Waals surface area contributed by atoms with Crippen LogP contribution in [0.15, 0.2) is 53.5 Å². The van der Waals surface area contributed by atoms with Gasteiger partial charge in [0.05, 0.1) is 13.2 Å². The monoisotopic (exact) mass is 438 g/mol. The Morgan fingerprint density at radius 3 is 2.22 bits per heavy atom. The van der Waals surface area contributed by atoms with Crippen LogP contribution in [0.4, 0.5) is 5.69 Å². The van der Waals surface area contributed by atoms with E-state index in [1.165, 1.54) is 13.8 Å². The summed E-state index contributed by atoms with van der Waals surface area (Å²) in [5.41, 5.74) is 1.46.